The molecule has 0 aliphatic heterocycles. The van der Waals surface area contributed by atoms with Crippen molar-refractivity contribution in [3.05, 3.63) is 59.2 Å². The van der Waals surface area contributed by atoms with Crippen LogP contribution in [-0.4, -0.2) is 55.2 Å². The van der Waals surface area contributed by atoms with Gasteiger partial charge in [0.2, 0.25) is 0 Å². The van der Waals surface area contributed by atoms with Crippen molar-refractivity contribution in [2.75, 3.05) is 13.2 Å². The predicted molar refractivity (Wildman–Crippen MR) is 113 cm³/mol. The predicted octanol–water partition coefficient (Wildman–Crippen LogP) is 2.19. The van der Waals surface area contributed by atoms with Gasteiger partial charge in [0.05, 0.1) is 24.5 Å². The lowest BCUT2D eigenvalue weighted by Crippen LogP contribution is -2.25. The number of benzene rings is 1. The monoisotopic (exact) mass is 414 g/mol. The summed E-state index contributed by atoms with van der Waals surface area (Å²) in [6, 6.07) is 11.1. The molecular weight excluding hydrogens is 384 g/mol. The molecule has 0 radical (unpaired) electrons. The van der Waals surface area contributed by atoms with Gasteiger partial charge in [0.15, 0.2) is 0 Å². The van der Waals surface area contributed by atoms with Crippen molar-refractivity contribution in [3.8, 4) is 11.5 Å². The third kappa shape index (κ3) is 6.08. The molecule has 3 aromatic rings. The summed E-state index contributed by atoms with van der Waals surface area (Å²) in [5.41, 5.74) is 3.87. The smallest absolute Gasteiger partial charge is 0.119 e. The van der Waals surface area contributed by atoms with Crippen molar-refractivity contribution in [3.63, 3.8) is 0 Å². The van der Waals surface area contributed by atoms with Crippen LogP contribution < -0.4 is 9.47 Å². The van der Waals surface area contributed by atoms with E-state index in [9.17, 15) is 10.2 Å². The Labute approximate surface area is 176 Å². The molecule has 2 N–H and O–H groups in total. The zero-order chi connectivity index (χ0) is 21.7. The summed E-state index contributed by atoms with van der Waals surface area (Å²) < 4.78 is 14.9. The molecule has 2 heterocycles. The van der Waals surface area contributed by atoms with Crippen LogP contribution in [0, 0.1) is 27.7 Å². The van der Waals surface area contributed by atoms with E-state index < -0.39 is 12.2 Å². The van der Waals surface area contributed by atoms with Crippen LogP contribution >= 0.6 is 0 Å². The molecule has 8 heteroatoms. The second-order valence-corrected chi connectivity index (χ2v) is 7.62. The van der Waals surface area contributed by atoms with Crippen molar-refractivity contribution in [1.82, 2.24) is 19.6 Å². The molecule has 30 heavy (non-hydrogen) atoms. The molecule has 0 spiro atoms. The van der Waals surface area contributed by atoms with E-state index in [0.29, 0.717) is 24.6 Å². The number of nitrogens with zero attached hydrogens (tertiary/aromatic N) is 4. The van der Waals surface area contributed by atoms with Crippen LogP contribution in [0.15, 0.2) is 36.4 Å². The fourth-order valence-corrected chi connectivity index (χ4v) is 3.24. The fourth-order valence-electron chi connectivity index (χ4n) is 3.24. The maximum absolute atomic E-state index is 10.2. The Hall–Kier alpha value is -2.84. The van der Waals surface area contributed by atoms with Crippen LogP contribution in [0.5, 0.6) is 11.5 Å². The first kappa shape index (κ1) is 21.9. The fraction of sp³-hybridized carbons (Fsp3) is 0.455. The largest absolute Gasteiger partial charge is 0.491 e. The Morgan fingerprint density at radius 3 is 1.40 bits per heavy atom. The van der Waals surface area contributed by atoms with Gasteiger partial charge in [-0.2, -0.15) is 10.2 Å². The highest BCUT2D eigenvalue weighted by Gasteiger charge is 2.11. The number of hydrogen-bond donors (Lipinski definition) is 2. The van der Waals surface area contributed by atoms with Gasteiger partial charge in [-0.05, 0) is 64.1 Å². The van der Waals surface area contributed by atoms with E-state index >= 15 is 0 Å². The quantitative estimate of drug-likeness (QED) is 0.528. The molecule has 0 aliphatic carbocycles. The zero-order valence-corrected chi connectivity index (χ0v) is 17.9. The van der Waals surface area contributed by atoms with Crippen molar-refractivity contribution in [2.45, 2.75) is 53.0 Å². The second-order valence-electron chi connectivity index (χ2n) is 7.62. The Bertz CT molecular complexity index is 871. The number of hydrogen-bond acceptors (Lipinski definition) is 6. The molecular formula is C22H30N4O4. The van der Waals surface area contributed by atoms with Crippen LogP contribution in [0.2, 0.25) is 0 Å². The van der Waals surface area contributed by atoms with Gasteiger partial charge >= 0.3 is 0 Å². The molecule has 0 fully saturated rings. The van der Waals surface area contributed by atoms with Gasteiger partial charge in [-0.1, -0.05) is 0 Å². The van der Waals surface area contributed by atoms with Crippen LogP contribution in [0.4, 0.5) is 0 Å². The van der Waals surface area contributed by atoms with Gasteiger partial charge in [0.25, 0.3) is 0 Å². The first-order chi connectivity index (χ1) is 14.3. The molecule has 162 valence electrons. The highest BCUT2D eigenvalue weighted by atomic mass is 16.5. The summed E-state index contributed by atoms with van der Waals surface area (Å²) in [4.78, 5) is 0. The van der Waals surface area contributed by atoms with E-state index in [1.165, 1.54) is 0 Å². The maximum atomic E-state index is 10.2. The summed E-state index contributed by atoms with van der Waals surface area (Å²) in [6.07, 6.45) is -1.33. The SMILES string of the molecule is Cc1cc(C)n(C[C@H](O)COc2ccc(OC[C@@H](O)Cn3nc(C)cc3C)cc2)n1. The topological polar surface area (TPSA) is 94.6 Å². The minimum Gasteiger partial charge on any atom is -0.491 e. The molecule has 2 atom stereocenters. The third-order valence-corrected chi connectivity index (χ3v) is 4.68. The van der Waals surface area contributed by atoms with E-state index in [-0.39, 0.29) is 13.2 Å². The van der Waals surface area contributed by atoms with Gasteiger partial charge < -0.3 is 19.7 Å². The first-order valence-corrected chi connectivity index (χ1v) is 10.0. The number of ether oxygens (including phenoxy) is 2. The van der Waals surface area contributed by atoms with Crippen LogP contribution in [0.3, 0.4) is 0 Å². The number of aryl methyl sites for hydroxylation is 4. The minimum absolute atomic E-state index is 0.167. The van der Waals surface area contributed by atoms with Crippen molar-refractivity contribution in [2.24, 2.45) is 0 Å². The lowest BCUT2D eigenvalue weighted by atomic mass is 10.3. The molecule has 0 unspecified atom stereocenters. The zero-order valence-electron chi connectivity index (χ0n) is 17.9. The summed E-state index contributed by atoms with van der Waals surface area (Å²) in [5.74, 6) is 1.27. The van der Waals surface area contributed by atoms with Gasteiger partial charge in [0.1, 0.15) is 36.9 Å². The number of aliphatic hydroxyl groups is 2. The third-order valence-electron chi connectivity index (χ3n) is 4.68. The van der Waals surface area contributed by atoms with Gasteiger partial charge in [0, 0.05) is 11.4 Å². The Morgan fingerprint density at radius 1 is 0.733 bits per heavy atom. The molecule has 0 saturated carbocycles. The van der Waals surface area contributed by atoms with Crippen LogP contribution in [0.1, 0.15) is 22.8 Å². The van der Waals surface area contributed by atoms with Crippen molar-refractivity contribution >= 4 is 0 Å². The number of rotatable bonds is 10. The lowest BCUT2D eigenvalue weighted by Gasteiger charge is -2.15. The highest BCUT2D eigenvalue weighted by Crippen LogP contribution is 2.18. The number of aromatic nitrogens is 4. The van der Waals surface area contributed by atoms with E-state index in [0.717, 1.165) is 22.8 Å². The summed E-state index contributed by atoms with van der Waals surface area (Å²) in [7, 11) is 0. The van der Waals surface area contributed by atoms with E-state index in [2.05, 4.69) is 10.2 Å². The molecule has 3 rings (SSSR count). The Morgan fingerprint density at radius 2 is 1.10 bits per heavy atom. The number of aliphatic hydroxyl groups excluding tert-OH is 2. The van der Waals surface area contributed by atoms with Gasteiger partial charge in [-0.25, -0.2) is 0 Å². The lowest BCUT2D eigenvalue weighted by molar-refractivity contribution is 0.0869. The molecule has 1 aromatic carbocycles. The van der Waals surface area contributed by atoms with E-state index in [1.54, 1.807) is 33.6 Å². The molecule has 2 aromatic heterocycles. The summed E-state index contributed by atoms with van der Waals surface area (Å²) >= 11 is 0. The summed E-state index contributed by atoms with van der Waals surface area (Å²) in [5, 5.41) is 29.1. The summed E-state index contributed by atoms with van der Waals surface area (Å²) in [6.45, 7) is 8.87. The normalized spacial score (nSPS) is 13.3. The molecule has 0 bridgehead atoms. The first-order valence-electron chi connectivity index (χ1n) is 10.0. The average molecular weight is 415 g/mol. The minimum atomic E-state index is -0.663. The Kier molecular flexibility index (Phi) is 7.12. The molecule has 0 saturated heterocycles. The van der Waals surface area contributed by atoms with E-state index in [4.69, 9.17) is 9.47 Å². The van der Waals surface area contributed by atoms with Crippen LogP contribution in [-0.2, 0) is 13.1 Å². The second kappa shape index (κ2) is 9.77. The average Bonchev–Trinajstić information content (AvgIpc) is 3.18. The van der Waals surface area contributed by atoms with Gasteiger partial charge in [-0.3, -0.25) is 9.36 Å². The molecule has 8 nitrogen and oxygen atoms in total. The van der Waals surface area contributed by atoms with Crippen LogP contribution in [0.25, 0.3) is 0 Å². The maximum Gasteiger partial charge on any atom is 0.119 e. The standard InChI is InChI=1S/C22H30N4O4/c1-15-9-17(3)25(23-15)11-19(27)13-29-21-5-7-22(8-6-21)30-14-20(28)12-26-18(4)10-16(2)24-26/h5-10,19-20,27-28H,11-14H2,1-4H3/t19-,20-/m0/s1. The van der Waals surface area contributed by atoms with Crippen molar-refractivity contribution in [1.29, 1.82) is 0 Å². The molecule has 0 aliphatic rings. The van der Waals surface area contributed by atoms with Gasteiger partial charge in [-0.15, -0.1) is 0 Å². The van der Waals surface area contributed by atoms with Crippen molar-refractivity contribution < 1.29 is 19.7 Å². The van der Waals surface area contributed by atoms with E-state index in [1.807, 2.05) is 39.8 Å². The highest BCUT2D eigenvalue weighted by molar-refractivity contribution is 5.31. The molecule has 0 amide bonds. The Balaban J connectivity index is 1.42.